The van der Waals surface area contributed by atoms with Gasteiger partial charge in [-0.2, -0.15) is 0 Å². The van der Waals surface area contributed by atoms with Gasteiger partial charge in [-0.15, -0.1) is 0 Å². The van der Waals surface area contributed by atoms with Crippen molar-refractivity contribution in [3.8, 4) is 0 Å². The molecule has 2 heterocycles. The van der Waals surface area contributed by atoms with Gasteiger partial charge >= 0.3 is 0 Å². The smallest absolute Gasteiger partial charge is 0.237 e. The number of nitrogens with one attached hydrogen (secondary N) is 1. The van der Waals surface area contributed by atoms with E-state index in [2.05, 4.69) is 16.3 Å². The predicted octanol–water partition coefficient (Wildman–Crippen LogP) is 1.37. The first kappa shape index (κ1) is 18.9. The van der Waals surface area contributed by atoms with Gasteiger partial charge in [-0.25, -0.2) is 0 Å². The Morgan fingerprint density at radius 2 is 2.15 bits per heavy atom. The molecule has 2 aromatic rings. The summed E-state index contributed by atoms with van der Waals surface area (Å²) in [4.78, 5) is 13.8. The van der Waals surface area contributed by atoms with Crippen LogP contribution in [0.4, 0.5) is 0 Å². The van der Waals surface area contributed by atoms with E-state index in [0.717, 1.165) is 43.8 Å². The maximum atomic E-state index is 11.4. The van der Waals surface area contributed by atoms with Crippen LogP contribution in [0.1, 0.15) is 30.5 Å². The standard InChI is InChI=1S/C20H30N4O2/c1-15-18(12-22-9-11-23-10-5-4-6-16(23)14-25)17-7-2-3-8-19(17)24(15)13-20(21)26/h2-3,7-8,16,22,25H,4-6,9-14H2,1H3,(H2,21,26)/t16-/m0/s1. The molecule has 1 aliphatic rings. The highest BCUT2D eigenvalue weighted by atomic mass is 16.3. The average Bonchev–Trinajstić information content (AvgIpc) is 2.90. The van der Waals surface area contributed by atoms with Gasteiger partial charge in [-0.3, -0.25) is 9.69 Å². The van der Waals surface area contributed by atoms with Gasteiger partial charge in [0.05, 0.1) is 6.61 Å². The van der Waals surface area contributed by atoms with E-state index in [1.54, 1.807) is 0 Å². The molecule has 1 aromatic carbocycles. The molecular weight excluding hydrogens is 328 g/mol. The summed E-state index contributed by atoms with van der Waals surface area (Å²) in [6, 6.07) is 8.46. The summed E-state index contributed by atoms with van der Waals surface area (Å²) < 4.78 is 2.00. The molecule has 1 saturated heterocycles. The number of fused-ring (bicyclic) bond motifs is 1. The minimum absolute atomic E-state index is 0.207. The lowest BCUT2D eigenvalue weighted by Crippen LogP contribution is -2.44. The van der Waals surface area contributed by atoms with Crippen molar-refractivity contribution in [1.29, 1.82) is 0 Å². The second-order valence-corrected chi connectivity index (χ2v) is 7.18. The third kappa shape index (κ3) is 4.09. The Kier molecular flexibility index (Phi) is 6.29. The molecule has 142 valence electrons. The van der Waals surface area contributed by atoms with E-state index in [9.17, 15) is 9.90 Å². The molecule has 0 radical (unpaired) electrons. The minimum atomic E-state index is -0.325. The maximum absolute atomic E-state index is 11.4. The lowest BCUT2D eigenvalue weighted by atomic mass is 10.0. The van der Waals surface area contributed by atoms with Crippen LogP contribution in [0, 0.1) is 6.92 Å². The van der Waals surface area contributed by atoms with Gasteiger partial charge in [0, 0.05) is 42.3 Å². The summed E-state index contributed by atoms with van der Waals surface area (Å²) in [7, 11) is 0. The quantitative estimate of drug-likeness (QED) is 0.623. The topological polar surface area (TPSA) is 83.5 Å². The van der Waals surface area contributed by atoms with Gasteiger partial charge in [0.15, 0.2) is 0 Å². The number of nitrogens with zero attached hydrogens (tertiary/aromatic N) is 2. The molecule has 26 heavy (non-hydrogen) atoms. The van der Waals surface area contributed by atoms with Crippen LogP contribution in [0.25, 0.3) is 10.9 Å². The van der Waals surface area contributed by atoms with Crippen molar-refractivity contribution in [3.05, 3.63) is 35.5 Å². The average molecular weight is 358 g/mol. The third-order valence-corrected chi connectivity index (χ3v) is 5.51. The van der Waals surface area contributed by atoms with Crippen LogP contribution in [0.2, 0.25) is 0 Å². The van der Waals surface area contributed by atoms with Crippen molar-refractivity contribution >= 4 is 16.8 Å². The van der Waals surface area contributed by atoms with E-state index in [1.807, 2.05) is 29.7 Å². The summed E-state index contributed by atoms with van der Waals surface area (Å²) in [5, 5.41) is 14.2. The zero-order valence-corrected chi connectivity index (χ0v) is 15.6. The van der Waals surface area contributed by atoms with Crippen molar-refractivity contribution in [3.63, 3.8) is 0 Å². The fourth-order valence-electron chi connectivity index (χ4n) is 4.08. The van der Waals surface area contributed by atoms with Crippen LogP contribution in [0.5, 0.6) is 0 Å². The van der Waals surface area contributed by atoms with Crippen molar-refractivity contribution in [2.24, 2.45) is 5.73 Å². The summed E-state index contributed by atoms with van der Waals surface area (Å²) >= 11 is 0. The Hall–Kier alpha value is -1.89. The molecule has 1 fully saturated rings. The monoisotopic (exact) mass is 358 g/mol. The van der Waals surface area contributed by atoms with Gasteiger partial charge in [0.25, 0.3) is 0 Å². The third-order valence-electron chi connectivity index (χ3n) is 5.51. The first-order valence-corrected chi connectivity index (χ1v) is 9.52. The molecule has 0 spiro atoms. The van der Waals surface area contributed by atoms with E-state index in [0.29, 0.717) is 6.04 Å². The lowest BCUT2D eigenvalue weighted by molar-refractivity contribution is -0.118. The molecule has 1 aromatic heterocycles. The number of aromatic nitrogens is 1. The number of para-hydroxylation sites is 1. The van der Waals surface area contributed by atoms with Gasteiger partial charge in [0.1, 0.15) is 6.54 Å². The Balaban J connectivity index is 1.65. The van der Waals surface area contributed by atoms with Crippen LogP contribution in [0.15, 0.2) is 24.3 Å². The van der Waals surface area contributed by atoms with Crippen molar-refractivity contribution in [2.45, 2.75) is 45.3 Å². The SMILES string of the molecule is Cc1c(CNCCN2CCCC[C@H]2CO)c2ccccc2n1CC(N)=O. The molecule has 1 amide bonds. The second-order valence-electron chi connectivity index (χ2n) is 7.18. The largest absolute Gasteiger partial charge is 0.395 e. The number of hydrogen-bond donors (Lipinski definition) is 3. The van der Waals surface area contributed by atoms with Gasteiger partial charge in [-0.1, -0.05) is 24.6 Å². The number of amides is 1. The number of aliphatic hydroxyl groups excluding tert-OH is 1. The minimum Gasteiger partial charge on any atom is -0.395 e. The van der Waals surface area contributed by atoms with Crippen molar-refractivity contribution in [1.82, 2.24) is 14.8 Å². The van der Waals surface area contributed by atoms with Crippen LogP contribution in [0.3, 0.4) is 0 Å². The van der Waals surface area contributed by atoms with Gasteiger partial charge in [0.2, 0.25) is 5.91 Å². The molecule has 0 bridgehead atoms. The number of carbonyl (C=O) groups excluding carboxylic acids is 1. The molecule has 3 rings (SSSR count). The molecule has 1 atom stereocenters. The Morgan fingerprint density at radius 1 is 1.35 bits per heavy atom. The summed E-state index contributed by atoms with van der Waals surface area (Å²) in [6.45, 7) is 6.17. The number of likely N-dealkylation sites (tertiary alicyclic amines) is 1. The molecule has 6 nitrogen and oxygen atoms in total. The number of piperidine rings is 1. The molecule has 6 heteroatoms. The van der Waals surface area contributed by atoms with E-state index >= 15 is 0 Å². The number of carbonyl (C=O) groups is 1. The fraction of sp³-hybridized carbons (Fsp3) is 0.550. The highest BCUT2D eigenvalue weighted by Gasteiger charge is 2.21. The van der Waals surface area contributed by atoms with E-state index < -0.39 is 0 Å². The zero-order valence-electron chi connectivity index (χ0n) is 15.6. The highest BCUT2D eigenvalue weighted by molar-refractivity contribution is 5.87. The molecule has 4 N–H and O–H groups in total. The molecular formula is C20H30N4O2. The van der Waals surface area contributed by atoms with Crippen molar-refractivity contribution < 1.29 is 9.90 Å². The van der Waals surface area contributed by atoms with Crippen LogP contribution in [-0.2, 0) is 17.9 Å². The van der Waals surface area contributed by atoms with E-state index in [-0.39, 0.29) is 19.1 Å². The fourth-order valence-corrected chi connectivity index (χ4v) is 4.08. The first-order valence-electron chi connectivity index (χ1n) is 9.52. The van der Waals surface area contributed by atoms with E-state index in [4.69, 9.17) is 5.73 Å². The van der Waals surface area contributed by atoms with Crippen molar-refractivity contribution in [2.75, 3.05) is 26.2 Å². The van der Waals surface area contributed by atoms with Crippen LogP contribution >= 0.6 is 0 Å². The first-order chi connectivity index (χ1) is 12.6. The highest BCUT2D eigenvalue weighted by Crippen LogP contribution is 2.25. The molecule has 0 saturated carbocycles. The summed E-state index contributed by atoms with van der Waals surface area (Å²) in [5.74, 6) is -0.325. The predicted molar refractivity (Wildman–Crippen MR) is 104 cm³/mol. The maximum Gasteiger partial charge on any atom is 0.237 e. The summed E-state index contributed by atoms with van der Waals surface area (Å²) in [5.41, 5.74) is 8.78. The van der Waals surface area contributed by atoms with Gasteiger partial charge in [-0.05, 0) is 37.9 Å². The number of primary amides is 1. The Labute approximate surface area is 155 Å². The van der Waals surface area contributed by atoms with Crippen LogP contribution < -0.4 is 11.1 Å². The lowest BCUT2D eigenvalue weighted by Gasteiger charge is -2.34. The Bertz CT molecular complexity index is 756. The van der Waals surface area contributed by atoms with E-state index in [1.165, 1.54) is 23.8 Å². The number of aliphatic hydroxyl groups is 1. The number of benzene rings is 1. The summed E-state index contributed by atoms with van der Waals surface area (Å²) in [6.07, 6.45) is 3.53. The number of hydrogen-bond acceptors (Lipinski definition) is 4. The zero-order chi connectivity index (χ0) is 18.5. The molecule has 0 unspecified atom stereocenters. The second kappa shape index (κ2) is 8.66. The number of nitrogens with two attached hydrogens (primary N) is 1. The Morgan fingerprint density at radius 3 is 2.92 bits per heavy atom. The van der Waals surface area contributed by atoms with Gasteiger partial charge < -0.3 is 20.7 Å². The normalized spacial score (nSPS) is 18.5. The van der Waals surface area contributed by atoms with Crippen LogP contribution in [-0.4, -0.2) is 52.8 Å². The molecule has 0 aliphatic carbocycles. The molecule has 1 aliphatic heterocycles. The number of rotatable bonds is 8.